The van der Waals surface area contributed by atoms with Crippen molar-refractivity contribution in [3.05, 3.63) is 62.0 Å². The number of aryl methyl sites for hydroxylation is 1. The average molecular weight is 379 g/mol. The molecule has 1 aromatic carbocycles. The number of aliphatic imine (C=N–C) groups is 1. The second kappa shape index (κ2) is 6.65. The van der Waals surface area contributed by atoms with E-state index in [1.807, 2.05) is 0 Å². The third-order valence-electron chi connectivity index (χ3n) is 4.45. The molecule has 0 spiro atoms. The van der Waals surface area contributed by atoms with Crippen molar-refractivity contribution < 1.29 is 9.53 Å². The molecule has 0 radical (unpaired) electrons. The maximum Gasteiger partial charge on any atom is 0.315 e. The number of carbonyl (C=O) groups is 1. The number of aromatic nitrogens is 1. The summed E-state index contributed by atoms with van der Waals surface area (Å²) in [6.45, 7) is 1.74. The van der Waals surface area contributed by atoms with Crippen LogP contribution in [0.15, 0.2) is 40.2 Å². The van der Waals surface area contributed by atoms with Gasteiger partial charge in [0.15, 0.2) is 0 Å². The molecular formula is C18H16Cl2N2O3. The number of halogens is 2. The van der Waals surface area contributed by atoms with Gasteiger partial charge in [-0.05, 0) is 24.6 Å². The first-order chi connectivity index (χ1) is 11.9. The van der Waals surface area contributed by atoms with E-state index in [-0.39, 0.29) is 5.56 Å². The van der Waals surface area contributed by atoms with Gasteiger partial charge in [-0.2, -0.15) is 0 Å². The summed E-state index contributed by atoms with van der Waals surface area (Å²) in [5, 5.41) is 0.673. The van der Waals surface area contributed by atoms with Crippen LogP contribution < -0.4 is 5.56 Å². The quantitative estimate of drug-likeness (QED) is 0.748. The lowest BCUT2D eigenvalue weighted by Crippen LogP contribution is -2.37. The summed E-state index contributed by atoms with van der Waals surface area (Å²) in [5.74, 6) is -1.84. The number of hydrogen-bond donors (Lipinski definition) is 0. The van der Waals surface area contributed by atoms with Crippen LogP contribution in [-0.2, 0) is 16.6 Å². The Morgan fingerprint density at radius 2 is 2.00 bits per heavy atom. The van der Waals surface area contributed by atoms with E-state index in [1.165, 1.54) is 11.7 Å². The largest absolute Gasteiger partial charge is 0.468 e. The van der Waals surface area contributed by atoms with E-state index >= 15 is 0 Å². The minimum Gasteiger partial charge on any atom is -0.468 e. The molecule has 1 aromatic heterocycles. The molecule has 2 unspecified atom stereocenters. The van der Waals surface area contributed by atoms with Gasteiger partial charge in [-0.3, -0.25) is 14.6 Å². The number of esters is 1. The van der Waals surface area contributed by atoms with E-state index < -0.39 is 17.8 Å². The van der Waals surface area contributed by atoms with Crippen LogP contribution in [-0.4, -0.2) is 23.4 Å². The zero-order valence-electron chi connectivity index (χ0n) is 13.9. The highest BCUT2D eigenvalue weighted by Crippen LogP contribution is 2.44. The van der Waals surface area contributed by atoms with Crippen LogP contribution in [0, 0.1) is 5.92 Å². The Morgan fingerprint density at radius 3 is 2.68 bits per heavy atom. The Bertz CT molecular complexity index is 950. The molecule has 0 N–H and O–H groups in total. The number of hydrogen-bond acceptors (Lipinski definition) is 4. The Labute approximate surface area is 154 Å². The van der Waals surface area contributed by atoms with Crippen LogP contribution in [0.1, 0.15) is 24.0 Å². The fraction of sp³-hybridized carbons (Fsp3) is 0.278. The van der Waals surface area contributed by atoms with Crippen molar-refractivity contribution in [2.24, 2.45) is 18.0 Å². The van der Waals surface area contributed by atoms with Gasteiger partial charge in [-0.1, -0.05) is 35.3 Å². The Morgan fingerprint density at radius 1 is 1.28 bits per heavy atom. The number of fused-ring (bicyclic) bond motifs is 1. The Kier molecular flexibility index (Phi) is 4.71. The lowest BCUT2D eigenvalue weighted by atomic mass is 9.76. The first kappa shape index (κ1) is 17.7. The van der Waals surface area contributed by atoms with Crippen molar-refractivity contribution in [1.29, 1.82) is 0 Å². The smallest absolute Gasteiger partial charge is 0.315 e. The summed E-state index contributed by atoms with van der Waals surface area (Å²) >= 11 is 12.6. The van der Waals surface area contributed by atoms with Gasteiger partial charge in [-0.15, -0.1) is 0 Å². The number of benzene rings is 1. The molecule has 0 aliphatic carbocycles. The lowest BCUT2D eigenvalue weighted by molar-refractivity contribution is -0.143. The van der Waals surface area contributed by atoms with E-state index in [0.29, 0.717) is 32.6 Å². The van der Waals surface area contributed by atoms with Crippen LogP contribution in [0.5, 0.6) is 0 Å². The molecule has 5 nitrogen and oxygen atoms in total. The van der Waals surface area contributed by atoms with Gasteiger partial charge in [0.05, 0.1) is 28.4 Å². The third kappa shape index (κ3) is 2.87. The molecule has 1 aliphatic rings. The van der Waals surface area contributed by atoms with Gasteiger partial charge < -0.3 is 9.30 Å². The second-order valence-corrected chi connectivity index (χ2v) is 6.69. The molecule has 1 aliphatic heterocycles. The molecule has 3 rings (SSSR count). The summed E-state index contributed by atoms with van der Waals surface area (Å²) in [6, 6.07) is 6.92. The van der Waals surface area contributed by atoms with Gasteiger partial charge in [0, 0.05) is 24.9 Å². The molecular weight excluding hydrogens is 363 g/mol. The monoisotopic (exact) mass is 378 g/mol. The minimum absolute atomic E-state index is 0.233. The van der Waals surface area contributed by atoms with Crippen LogP contribution in [0.2, 0.25) is 10.0 Å². The zero-order chi connectivity index (χ0) is 18.3. The summed E-state index contributed by atoms with van der Waals surface area (Å²) in [6.07, 6.45) is 1.65. The lowest BCUT2D eigenvalue weighted by Gasteiger charge is -2.31. The van der Waals surface area contributed by atoms with E-state index in [1.54, 1.807) is 44.4 Å². The standard InChI is InChI=1S/C18H16Cl2N2O3/c1-9-13(18(24)25-3)14(10-5-4-6-11(19)16(10)20)15-12(21-9)7-8-22(2)17(15)23/h4-8,13-14H,1-3H3. The number of carbonyl (C=O) groups excluding carboxylic acids is 1. The van der Waals surface area contributed by atoms with Crippen molar-refractivity contribution in [1.82, 2.24) is 4.57 Å². The molecule has 130 valence electrons. The predicted octanol–water partition coefficient (Wildman–Crippen LogP) is 3.72. The number of ether oxygens (including phenoxy) is 1. The molecule has 0 amide bonds. The van der Waals surface area contributed by atoms with Gasteiger partial charge in [-0.25, -0.2) is 0 Å². The number of pyridine rings is 1. The second-order valence-electron chi connectivity index (χ2n) is 5.91. The Balaban J connectivity index is 2.37. The predicted molar refractivity (Wildman–Crippen MR) is 98.3 cm³/mol. The SMILES string of the molecule is COC(=O)C1C(C)=Nc2ccn(C)c(=O)c2C1c1cccc(Cl)c1Cl. The van der Waals surface area contributed by atoms with Gasteiger partial charge in [0.2, 0.25) is 0 Å². The first-order valence-electron chi connectivity index (χ1n) is 7.63. The minimum atomic E-state index is -0.747. The van der Waals surface area contributed by atoms with Crippen LogP contribution in [0.3, 0.4) is 0 Å². The highest BCUT2D eigenvalue weighted by Gasteiger charge is 2.41. The van der Waals surface area contributed by atoms with Crippen molar-refractivity contribution in [3.63, 3.8) is 0 Å². The molecule has 0 bridgehead atoms. The molecule has 0 saturated heterocycles. The van der Waals surface area contributed by atoms with Gasteiger partial charge >= 0.3 is 5.97 Å². The van der Waals surface area contributed by atoms with Gasteiger partial charge in [0.1, 0.15) is 5.92 Å². The molecule has 7 heteroatoms. The normalized spacial score (nSPS) is 19.2. The summed E-state index contributed by atoms with van der Waals surface area (Å²) in [7, 11) is 2.96. The summed E-state index contributed by atoms with van der Waals surface area (Å²) < 4.78 is 6.42. The molecule has 25 heavy (non-hydrogen) atoms. The van der Waals surface area contributed by atoms with Crippen LogP contribution >= 0.6 is 23.2 Å². The first-order valence-corrected chi connectivity index (χ1v) is 8.38. The molecule has 2 aromatic rings. The van der Waals surface area contributed by atoms with E-state index in [2.05, 4.69) is 4.99 Å². The van der Waals surface area contributed by atoms with Crippen molar-refractivity contribution in [2.75, 3.05) is 7.11 Å². The maximum absolute atomic E-state index is 12.8. The topological polar surface area (TPSA) is 60.7 Å². The van der Waals surface area contributed by atoms with E-state index in [4.69, 9.17) is 27.9 Å². The molecule has 0 fully saturated rings. The molecule has 0 saturated carbocycles. The van der Waals surface area contributed by atoms with Crippen molar-refractivity contribution in [2.45, 2.75) is 12.8 Å². The Hall–Kier alpha value is -2.11. The highest BCUT2D eigenvalue weighted by molar-refractivity contribution is 6.42. The molecule has 2 atom stereocenters. The summed E-state index contributed by atoms with van der Waals surface area (Å²) in [5.41, 5.74) is 1.87. The van der Waals surface area contributed by atoms with E-state index in [9.17, 15) is 9.59 Å². The van der Waals surface area contributed by atoms with Gasteiger partial charge in [0.25, 0.3) is 5.56 Å². The number of rotatable bonds is 2. The number of nitrogens with zero attached hydrogens (tertiary/aromatic N) is 2. The average Bonchev–Trinajstić information content (AvgIpc) is 2.59. The summed E-state index contributed by atoms with van der Waals surface area (Å²) in [4.78, 5) is 29.7. The van der Waals surface area contributed by atoms with Crippen molar-refractivity contribution in [3.8, 4) is 0 Å². The highest BCUT2D eigenvalue weighted by atomic mass is 35.5. The van der Waals surface area contributed by atoms with E-state index in [0.717, 1.165) is 0 Å². The van der Waals surface area contributed by atoms with Crippen LogP contribution in [0.25, 0.3) is 0 Å². The zero-order valence-corrected chi connectivity index (χ0v) is 15.4. The van der Waals surface area contributed by atoms with Crippen LogP contribution in [0.4, 0.5) is 5.69 Å². The fourth-order valence-electron chi connectivity index (χ4n) is 3.23. The maximum atomic E-state index is 12.8. The van der Waals surface area contributed by atoms with Crippen molar-refractivity contribution >= 4 is 40.6 Å². The number of methoxy groups -OCH3 is 1. The molecule has 2 heterocycles. The third-order valence-corrected chi connectivity index (χ3v) is 5.28. The fourth-order valence-corrected chi connectivity index (χ4v) is 3.65.